The molecule has 16 radical (unpaired) electrons. The van der Waals surface area contributed by atoms with Crippen molar-refractivity contribution in [1.29, 1.82) is 0 Å². The van der Waals surface area contributed by atoms with Crippen molar-refractivity contribution in [3.8, 4) is 0 Å². The quantitative estimate of drug-likeness (QED) is 0.184. The van der Waals surface area contributed by atoms with Crippen LogP contribution in [-0.4, -0.2) is 194 Å². The Hall–Kier alpha value is 5.63. The van der Waals surface area contributed by atoms with Gasteiger partial charge >= 0.3 is 212 Å². The van der Waals surface area contributed by atoms with Crippen molar-refractivity contribution >= 4 is 175 Å². The fourth-order valence-corrected chi connectivity index (χ4v) is 14.9. The zero-order valence-corrected chi connectivity index (χ0v) is 38.1. The maximum absolute atomic E-state index is 11.6. The third-order valence-corrected chi connectivity index (χ3v) is 17.6. The molecule has 0 aliphatic rings. The van der Waals surface area contributed by atoms with E-state index in [4.69, 9.17) is 9.90 Å². The van der Waals surface area contributed by atoms with E-state index < -0.39 is 15.2 Å². The van der Waals surface area contributed by atoms with Gasteiger partial charge in [-0.1, -0.05) is 0 Å². The van der Waals surface area contributed by atoms with Gasteiger partial charge in [0.1, 0.15) is 0 Å². The molecule has 0 aliphatic heterocycles. The van der Waals surface area contributed by atoms with Crippen molar-refractivity contribution in [3.63, 3.8) is 0 Å². The van der Waals surface area contributed by atoms with E-state index in [0.29, 0.717) is 52.4 Å². The first-order chi connectivity index (χ1) is 6.95. The Kier molecular flexibility index (Phi) is 55.4. The fraction of sp³-hybridized carbons (Fsp3) is 1.00. The summed E-state index contributed by atoms with van der Waals surface area (Å²) in [7, 11) is -5.94. The van der Waals surface area contributed by atoms with Gasteiger partial charge in [0.2, 0.25) is 0 Å². The molecule has 9 N–H and O–H groups in total. The standard InChI is InChI=1S/C2H9NO6P2.4H2O.6Pb.4H/c4-10(5,6)1-3-2-11(7,8)9;;;;;;;;;;;;;;/h3H,1-2H2,(H2,4,5,6)(H2,7,8,9);4*1H2;;;;;;;;;;/q;;;;;;;4*+1;;;;/p-4. The summed E-state index contributed by atoms with van der Waals surface area (Å²) in [6.45, 7) is 0. The Morgan fingerprint density at radius 2 is 1.05 bits per heavy atom. The van der Waals surface area contributed by atoms with Crippen molar-refractivity contribution in [3.05, 3.63) is 0 Å². The van der Waals surface area contributed by atoms with Crippen molar-refractivity contribution in [2.24, 2.45) is 0 Å². The first-order valence-electron chi connectivity index (χ1n) is 3.31. The molecule has 11 nitrogen and oxygen atoms in total. The summed E-state index contributed by atoms with van der Waals surface area (Å²) in [6, 6.07) is 0. The van der Waals surface area contributed by atoms with Crippen LogP contribution in [0.2, 0.25) is 0 Å². The number of hydrogen-bond donors (Lipinski definition) is 1. The van der Waals surface area contributed by atoms with Crippen molar-refractivity contribution in [2.45, 2.75) is 0 Å². The normalized spacial score (nSPS) is 9.33. The summed E-state index contributed by atoms with van der Waals surface area (Å²) in [5.41, 5.74) is 0. The minimum absolute atomic E-state index is 0. The van der Waals surface area contributed by atoms with Crippen LogP contribution in [0.5, 0.6) is 0 Å². The third-order valence-electron chi connectivity index (χ3n) is 1.21. The maximum atomic E-state index is 11.6. The van der Waals surface area contributed by atoms with E-state index in [1.165, 1.54) is 0 Å². The topological polar surface area (TPSA) is 209 Å². The fourth-order valence-electron chi connectivity index (χ4n) is 0.506. The molecule has 2 unspecified atom stereocenters. The zero-order chi connectivity index (χ0) is 11.9. The van der Waals surface area contributed by atoms with Gasteiger partial charge in [0.25, 0.3) is 0 Å². The number of nitrogens with one attached hydrogen (secondary N) is 1. The first-order valence-corrected chi connectivity index (χ1v) is 13.6. The van der Waals surface area contributed by atoms with Crippen LogP contribution in [0.3, 0.4) is 0 Å². The molecule has 0 aromatic heterocycles. The second-order valence-electron chi connectivity index (χ2n) is 2.18. The molecule has 0 aromatic carbocycles. The van der Waals surface area contributed by atoms with Crippen LogP contribution in [0.25, 0.3) is 0 Å². The van der Waals surface area contributed by atoms with E-state index in [1.54, 1.807) is 0 Å². The summed E-state index contributed by atoms with van der Waals surface area (Å²) in [5.74, 6) is 0. The molecule has 0 rings (SSSR count). The van der Waals surface area contributed by atoms with Gasteiger partial charge in [0.05, 0.1) is 0 Å². The van der Waals surface area contributed by atoms with Crippen LogP contribution in [0.15, 0.2) is 0 Å². The SMILES string of the molecule is O.O.O.O.O=P(CNCP(=O)([O][Pb])[O][PbH])([O][Pb])[O][PbH].[PbH].[PbH]. The Morgan fingerprint density at radius 1 is 0.810 bits per heavy atom. The molecule has 21 heavy (non-hydrogen) atoms. The van der Waals surface area contributed by atoms with E-state index in [9.17, 15) is 9.13 Å². The Balaban J connectivity index is -0.0000000653. The van der Waals surface area contributed by atoms with Gasteiger partial charge in [-0.25, -0.2) is 0 Å². The van der Waals surface area contributed by atoms with Gasteiger partial charge in [0.15, 0.2) is 0 Å². The second kappa shape index (κ2) is 25.6. The van der Waals surface area contributed by atoms with Crippen LogP contribution in [-0.2, 0) is 19.0 Å². The van der Waals surface area contributed by atoms with E-state index in [2.05, 4.69) is 5.32 Å². The van der Waals surface area contributed by atoms with Gasteiger partial charge in [-0.05, 0) is 0 Å². The molecule has 2 atom stereocenters. The number of hydrogen-bond acceptors (Lipinski definition) is 7. The molecule has 19 heteroatoms. The monoisotopic (exact) mass is 1520 g/mol. The van der Waals surface area contributed by atoms with Crippen molar-refractivity contribution in [1.82, 2.24) is 5.32 Å². The molecule has 0 saturated carbocycles. The molecule has 0 fully saturated rings. The molecule has 0 spiro atoms. The van der Waals surface area contributed by atoms with Crippen molar-refractivity contribution < 1.29 is 40.9 Å². The van der Waals surface area contributed by atoms with Crippen LogP contribution in [0.4, 0.5) is 0 Å². The minimum atomic E-state index is -2.97. The zero-order valence-electron chi connectivity index (χ0n) is 10.6. The summed E-state index contributed by atoms with van der Waals surface area (Å²) in [5, 5.41) is 2.74. The molecule has 0 aromatic rings. The summed E-state index contributed by atoms with van der Waals surface area (Å²) >= 11 is 0.988. The predicted molar refractivity (Wildman–Crippen MR) is 87.0 cm³/mol. The summed E-state index contributed by atoms with van der Waals surface area (Å²) < 4.78 is 42.8. The van der Waals surface area contributed by atoms with Gasteiger partial charge in [0, 0.05) is 0 Å². The van der Waals surface area contributed by atoms with Gasteiger partial charge in [-0.3, -0.25) is 0 Å². The molecular formula is C2H17NO10P2Pb6. The molecular weight excluding hydrogens is 1500 g/mol. The molecule has 124 valence electrons. The molecule has 0 amide bonds. The molecule has 0 heterocycles. The van der Waals surface area contributed by atoms with Crippen molar-refractivity contribution in [2.75, 3.05) is 12.6 Å². The van der Waals surface area contributed by atoms with Gasteiger partial charge in [-0.2, -0.15) is 0 Å². The third kappa shape index (κ3) is 21.8. The van der Waals surface area contributed by atoms with Crippen LogP contribution in [0, 0.1) is 0 Å². The average molecular weight is 1520 g/mol. The predicted octanol–water partition coefficient (Wildman–Crippen LogP) is -5.85. The Labute approximate surface area is 228 Å². The van der Waals surface area contributed by atoms with E-state index in [-0.39, 0.29) is 142 Å². The molecule has 0 aliphatic carbocycles. The summed E-state index contributed by atoms with van der Waals surface area (Å²) in [4.78, 5) is 0. The Morgan fingerprint density at radius 3 is 1.19 bits per heavy atom. The number of rotatable bonds is 8. The average Bonchev–Trinajstić information content (AvgIpc) is 2.28. The van der Waals surface area contributed by atoms with E-state index in [1.807, 2.05) is 0 Å². The van der Waals surface area contributed by atoms with Gasteiger partial charge in [-0.15, -0.1) is 0 Å². The second-order valence-corrected chi connectivity index (χ2v) is 15.2. The molecule has 0 saturated heterocycles. The van der Waals surface area contributed by atoms with E-state index >= 15 is 0 Å². The van der Waals surface area contributed by atoms with E-state index in [0.717, 1.165) is 0 Å². The molecule has 0 bridgehead atoms. The first kappa shape index (κ1) is 45.4. The van der Waals surface area contributed by atoms with Gasteiger partial charge < -0.3 is 21.9 Å². The van der Waals surface area contributed by atoms with Crippen LogP contribution in [0.1, 0.15) is 0 Å². The Bertz CT molecular complexity index is 242. The van der Waals surface area contributed by atoms with Crippen LogP contribution < -0.4 is 5.32 Å². The van der Waals surface area contributed by atoms with Crippen LogP contribution >= 0.6 is 15.2 Å². The summed E-state index contributed by atoms with van der Waals surface area (Å²) in [6.07, 6.45) is 0.103.